The lowest BCUT2D eigenvalue weighted by molar-refractivity contribution is 0.200. The molecule has 2 N–H and O–H groups in total. The lowest BCUT2D eigenvalue weighted by Crippen LogP contribution is -2.12. The molecule has 5 rings (SSSR count). The number of allylic oxidation sites excluding steroid dienone is 1. The first-order valence-corrected chi connectivity index (χ1v) is 10.00. The van der Waals surface area contributed by atoms with E-state index in [9.17, 15) is 0 Å². The number of benzene rings is 1. The molecular formula is C20H19N5OS. The van der Waals surface area contributed by atoms with E-state index >= 15 is 0 Å². The van der Waals surface area contributed by atoms with Gasteiger partial charge in [0.05, 0.1) is 18.1 Å². The highest BCUT2D eigenvalue weighted by Crippen LogP contribution is 2.36. The summed E-state index contributed by atoms with van der Waals surface area (Å²) >= 11 is 1.39. The van der Waals surface area contributed by atoms with Gasteiger partial charge in [-0.05, 0) is 49.3 Å². The molecule has 0 aliphatic heterocycles. The fourth-order valence-electron chi connectivity index (χ4n) is 3.77. The van der Waals surface area contributed by atoms with Gasteiger partial charge in [0.2, 0.25) is 11.0 Å². The lowest BCUT2D eigenvalue weighted by atomic mass is 10.0. The monoisotopic (exact) mass is 377 g/mol. The van der Waals surface area contributed by atoms with Crippen LogP contribution in [0, 0.1) is 0 Å². The van der Waals surface area contributed by atoms with Crippen molar-refractivity contribution in [2.75, 3.05) is 5.73 Å². The Morgan fingerprint density at radius 2 is 2.00 bits per heavy atom. The third kappa shape index (κ3) is 3.19. The standard InChI is InChI=1S/C20H19N5OS/c21-20-25-24-19(27-20)13-6-5-12-7-8-15(16(12)9-13)17-10-22-11-18(23-17)26-14-3-1-2-4-14/h5-6,8-11,14H,1-4,7H2,(H2,21,25). The number of nitrogen functional groups attached to an aromatic ring is 1. The first-order valence-electron chi connectivity index (χ1n) is 9.18. The van der Waals surface area contributed by atoms with Crippen LogP contribution in [-0.4, -0.2) is 26.3 Å². The Kier molecular flexibility index (Phi) is 4.09. The van der Waals surface area contributed by atoms with Gasteiger partial charge in [-0.3, -0.25) is 4.98 Å². The van der Waals surface area contributed by atoms with Crippen LogP contribution in [0.3, 0.4) is 0 Å². The van der Waals surface area contributed by atoms with Crippen LogP contribution in [0.25, 0.3) is 16.1 Å². The van der Waals surface area contributed by atoms with Crippen molar-refractivity contribution in [1.29, 1.82) is 0 Å². The van der Waals surface area contributed by atoms with Gasteiger partial charge in [0.15, 0.2) is 0 Å². The summed E-state index contributed by atoms with van der Waals surface area (Å²) in [5, 5.41) is 9.37. The van der Waals surface area contributed by atoms with Gasteiger partial charge in [-0.2, -0.15) is 0 Å². The number of rotatable bonds is 4. The summed E-state index contributed by atoms with van der Waals surface area (Å²) in [6.07, 6.45) is 11.5. The SMILES string of the molecule is Nc1nnc(-c2ccc3c(c2)C(c2cncc(OC4CCCC4)n2)=CC3)s1. The number of fused-ring (bicyclic) bond motifs is 1. The molecule has 0 atom stereocenters. The average molecular weight is 377 g/mol. The molecule has 2 aliphatic rings. The number of hydrogen-bond acceptors (Lipinski definition) is 7. The van der Waals surface area contributed by atoms with E-state index in [4.69, 9.17) is 15.5 Å². The maximum Gasteiger partial charge on any atom is 0.233 e. The summed E-state index contributed by atoms with van der Waals surface area (Å²) in [4.78, 5) is 9.09. The fraction of sp³-hybridized carbons (Fsp3) is 0.300. The fourth-order valence-corrected chi connectivity index (χ4v) is 4.37. The number of ether oxygens (including phenoxy) is 1. The van der Waals surface area contributed by atoms with Gasteiger partial charge in [0.25, 0.3) is 0 Å². The molecule has 2 aromatic heterocycles. The number of anilines is 1. The molecule has 1 aromatic carbocycles. The Balaban J connectivity index is 1.46. The Bertz CT molecular complexity index is 1020. The van der Waals surface area contributed by atoms with E-state index in [1.165, 1.54) is 29.7 Å². The van der Waals surface area contributed by atoms with Crippen molar-refractivity contribution in [1.82, 2.24) is 20.2 Å². The van der Waals surface area contributed by atoms with Crippen molar-refractivity contribution < 1.29 is 4.74 Å². The molecule has 0 radical (unpaired) electrons. The quantitative estimate of drug-likeness (QED) is 0.742. The van der Waals surface area contributed by atoms with Crippen LogP contribution < -0.4 is 10.5 Å². The minimum Gasteiger partial charge on any atom is -0.473 e. The van der Waals surface area contributed by atoms with E-state index in [0.717, 1.165) is 46.7 Å². The minimum absolute atomic E-state index is 0.272. The zero-order chi connectivity index (χ0) is 18.2. The van der Waals surface area contributed by atoms with Crippen LogP contribution in [0.1, 0.15) is 42.5 Å². The molecule has 2 heterocycles. The Morgan fingerprint density at radius 1 is 1.11 bits per heavy atom. The van der Waals surface area contributed by atoms with E-state index in [1.807, 2.05) is 0 Å². The maximum absolute atomic E-state index is 6.03. The van der Waals surface area contributed by atoms with Crippen molar-refractivity contribution in [3.8, 4) is 16.5 Å². The smallest absolute Gasteiger partial charge is 0.233 e. The highest BCUT2D eigenvalue weighted by atomic mass is 32.1. The molecule has 1 fully saturated rings. The van der Waals surface area contributed by atoms with E-state index in [-0.39, 0.29) is 6.10 Å². The van der Waals surface area contributed by atoms with Crippen LogP contribution >= 0.6 is 11.3 Å². The Hall–Kier alpha value is -2.80. The van der Waals surface area contributed by atoms with Crippen LogP contribution in [-0.2, 0) is 6.42 Å². The second-order valence-electron chi connectivity index (χ2n) is 6.91. The van der Waals surface area contributed by atoms with Crippen LogP contribution in [0.4, 0.5) is 5.13 Å². The van der Waals surface area contributed by atoms with Crippen molar-refractivity contribution in [3.63, 3.8) is 0 Å². The molecule has 0 saturated heterocycles. The molecule has 1 saturated carbocycles. The van der Waals surface area contributed by atoms with Crippen molar-refractivity contribution >= 4 is 22.0 Å². The third-order valence-corrected chi connectivity index (χ3v) is 5.89. The van der Waals surface area contributed by atoms with Crippen LogP contribution in [0.2, 0.25) is 0 Å². The predicted octanol–water partition coefficient (Wildman–Crippen LogP) is 3.89. The Morgan fingerprint density at radius 3 is 2.81 bits per heavy atom. The molecule has 7 heteroatoms. The molecule has 3 aromatic rings. The highest BCUT2D eigenvalue weighted by Gasteiger charge is 2.21. The normalized spacial score (nSPS) is 16.4. The number of hydrogen-bond donors (Lipinski definition) is 1. The van der Waals surface area contributed by atoms with E-state index in [2.05, 4.69) is 39.5 Å². The van der Waals surface area contributed by atoms with Gasteiger partial charge >= 0.3 is 0 Å². The van der Waals surface area contributed by atoms with Gasteiger partial charge in [-0.25, -0.2) is 4.98 Å². The van der Waals surface area contributed by atoms with Crippen LogP contribution in [0.15, 0.2) is 36.7 Å². The Labute approximate surface area is 161 Å². The zero-order valence-electron chi connectivity index (χ0n) is 14.8. The molecule has 0 amide bonds. The summed E-state index contributed by atoms with van der Waals surface area (Å²) in [6, 6.07) is 6.35. The maximum atomic E-state index is 6.03. The predicted molar refractivity (Wildman–Crippen MR) is 105 cm³/mol. The summed E-state index contributed by atoms with van der Waals surface area (Å²) in [5.74, 6) is 0.613. The van der Waals surface area contributed by atoms with E-state index in [0.29, 0.717) is 11.0 Å². The largest absolute Gasteiger partial charge is 0.473 e. The molecule has 27 heavy (non-hydrogen) atoms. The zero-order valence-corrected chi connectivity index (χ0v) is 15.6. The first kappa shape index (κ1) is 16.4. The van der Waals surface area contributed by atoms with Gasteiger partial charge < -0.3 is 10.5 Å². The van der Waals surface area contributed by atoms with Crippen molar-refractivity contribution in [2.45, 2.75) is 38.2 Å². The molecule has 6 nitrogen and oxygen atoms in total. The molecule has 136 valence electrons. The van der Waals surface area contributed by atoms with Gasteiger partial charge in [0, 0.05) is 11.1 Å². The van der Waals surface area contributed by atoms with Gasteiger partial charge in [-0.1, -0.05) is 29.5 Å². The molecule has 0 unspecified atom stereocenters. The summed E-state index contributed by atoms with van der Waals surface area (Å²) < 4.78 is 6.03. The highest BCUT2D eigenvalue weighted by molar-refractivity contribution is 7.18. The topological polar surface area (TPSA) is 86.8 Å². The second-order valence-corrected chi connectivity index (χ2v) is 7.92. The van der Waals surface area contributed by atoms with Crippen LogP contribution in [0.5, 0.6) is 5.88 Å². The number of nitrogens with two attached hydrogens (primary N) is 1. The molecule has 0 bridgehead atoms. The second kappa shape index (κ2) is 6.74. The van der Waals surface area contributed by atoms with E-state index in [1.54, 1.807) is 12.4 Å². The average Bonchev–Trinajstić information content (AvgIpc) is 3.42. The first-order chi connectivity index (χ1) is 13.3. The van der Waals surface area contributed by atoms with Gasteiger partial charge in [0.1, 0.15) is 11.1 Å². The number of nitrogens with zero attached hydrogens (tertiary/aromatic N) is 4. The number of aromatic nitrogens is 4. The summed E-state index contributed by atoms with van der Waals surface area (Å²) in [7, 11) is 0. The van der Waals surface area contributed by atoms with Gasteiger partial charge in [-0.15, -0.1) is 10.2 Å². The van der Waals surface area contributed by atoms with E-state index < -0.39 is 0 Å². The molecule has 2 aliphatic carbocycles. The minimum atomic E-state index is 0.272. The third-order valence-electron chi connectivity index (χ3n) is 5.09. The molecular weight excluding hydrogens is 358 g/mol. The summed E-state index contributed by atoms with van der Waals surface area (Å²) in [5.41, 5.74) is 11.1. The van der Waals surface area contributed by atoms with Crippen molar-refractivity contribution in [3.05, 3.63) is 53.5 Å². The van der Waals surface area contributed by atoms with Crippen molar-refractivity contribution in [2.24, 2.45) is 0 Å². The molecule has 0 spiro atoms. The lowest BCUT2D eigenvalue weighted by Gasteiger charge is -2.13. The summed E-state index contributed by atoms with van der Waals surface area (Å²) in [6.45, 7) is 0.